The molecule has 1 aromatic rings. The first-order valence-corrected chi connectivity index (χ1v) is 7.99. The number of halogens is 1. The van der Waals surface area contributed by atoms with Gasteiger partial charge < -0.3 is 19.1 Å². The molecule has 1 saturated heterocycles. The summed E-state index contributed by atoms with van der Waals surface area (Å²) in [5.74, 6) is 0.701. The summed E-state index contributed by atoms with van der Waals surface area (Å²) in [4.78, 5) is 14.5. The van der Waals surface area contributed by atoms with E-state index in [9.17, 15) is 4.79 Å². The zero-order valence-corrected chi connectivity index (χ0v) is 14.9. The molecule has 128 valence electrons. The van der Waals surface area contributed by atoms with Crippen molar-refractivity contribution in [3.05, 3.63) is 28.8 Å². The summed E-state index contributed by atoms with van der Waals surface area (Å²) in [5.41, 5.74) is 0.396. The van der Waals surface area contributed by atoms with E-state index in [-0.39, 0.29) is 18.4 Å². The molecule has 0 aliphatic carbocycles. The Kier molecular flexibility index (Phi) is 5.89. The maximum Gasteiger partial charge on any atom is 0.227 e. The van der Waals surface area contributed by atoms with Crippen LogP contribution < -0.4 is 4.74 Å². The van der Waals surface area contributed by atoms with Gasteiger partial charge in [-0.25, -0.2) is 0 Å². The first kappa shape index (κ1) is 18.0. The van der Waals surface area contributed by atoms with E-state index in [0.29, 0.717) is 30.5 Å². The fourth-order valence-corrected chi connectivity index (χ4v) is 3.11. The highest BCUT2D eigenvalue weighted by atomic mass is 35.5. The Bertz CT molecular complexity index is 562. The maximum atomic E-state index is 12.7. The number of ether oxygens (including phenoxy) is 3. The molecule has 1 amide bonds. The summed E-state index contributed by atoms with van der Waals surface area (Å²) in [6.07, 6.45) is 0.133. The lowest BCUT2D eigenvalue weighted by Gasteiger charge is -2.42. The normalized spacial score (nSPS) is 20.4. The minimum Gasteiger partial charge on any atom is -0.496 e. The molecule has 1 atom stereocenters. The topological polar surface area (TPSA) is 48.0 Å². The van der Waals surface area contributed by atoms with Crippen molar-refractivity contribution in [3.8, 4) is 5.75 Å². The van der Waals surface area contributed by atoms with Gasteiger partial charge in [0.05, 0.1) is 31.8 Å². The average Bonchev–Trinajstić information content (AvgIpc) is 2.46. The quantitative estimate of drug-likeness (QED) is 0.825. The van der Waals surface area contributed by atoms with E-state index in [4.69, 9.17) is 25.8 Å². The molecule has 5 nitrogen and oxygen atoms in total. The summed E-state index contributed by atoms with van der Waals surface area (Å²) in [5, 5.41) is 0.591. The van der Waals surface area contributed by atoms with E-state index in [1.165, 1.54) is 0 Å². The molecule has 1 aliphatic rings. The number of hydrogen-bond donors (Lipinski definition) is 0. The Morgan fingerprint density at radius 1 is 1.43 bits per heavy atom. The molecular formula is C17H24ClNO4. The van der Waals surface area contributed by atoms with Gasteiger partial charge in [0.15, 0.2) is 0 Å². The third-order valence-corrected chi connectivity index (χ3v) is 4.01. The number of hydrogen-bond acceptors (Lipinski definition) is 4. The number of carbonyl (C=O) groups is 1. The van der Waals surface area contributed by atoms with Gasteiger partial charge in [-0.2, -0.15) is 0 Å². The van der Waals surface area contributed by atoms with Crippen LogP contribution in [0.15, 0.2) is 18.2 Å². The number of nitrogens with zero attached hydrogens (tertiary/aromatic N) is 1. The molecule has 23 heavy (non-hydrogen) atoms. The first-order chi connectivity index (χ1) is 10.8. The third-order valence-electron chi connectivity index (χ3n) is 3.77. The predicted molar refractivity (Wildman–Crippen MR) is 89.1 cm³/mol. The molecule has 0 radical (unpaired) electrons. The SMILES string of the molecule is COC[C@H]1CN(C(=O)Cc2cc(Cl)ccc2OC)CC(C)(C)O1. The van der Waals surface area contributed by atoms with Crippen molar-refractivity contribution in [3.63, 3.8) is 0 Å². The Morgan fingerprint density at radius 2 is 2.17 bits per heavy atom. The second-order valence-corrected chi connectivity index (χ2v) is 6.80. The summed E-state index contributed by atoms with van der Waals surface area (Å²) in [7, 11) is 3.22. The van der Waals surface area contributed by atoms with Crippen LogP contribution in [-0.2, 0) is 20.7 Å². The number of methoxy groups -OCH3 is 2. The minimum atomic E-state index is -0.393. The van der Waals surface area contributed by atoms with Crippen molar-refractivity contribution < 1.29 is 19.0 Å². The fourth-order valence-electron chi connectivity index (χ4n) is 2.92. The van der Waals surface area contributed by atoms with Crippen LogP contribution in [0, 0.1) is 0 Å². The standard InChI is InChI=1S/C17H24ClNO4/c1-17(2)11-19(9-14(23-17)10-21-3)16(20)8-12-7-13(18)5-6-15(12)22-4/h5-7,14H,8-11H2,1-4H3/t14-/m1/s1. The van der Waals surface area contributed by atoms with Crippen LogP contribution in [0.3, 0.4) is 0 Å². The van der Waals surface area contributed by atoms with Gasteiger partial charge in [0.2, 0.25) is 5.91 Å². The molecule has 6 heteroatoms. The van der Waals surface area contributed by atoms with E-state index in [0.717, 1.165) is 5.56 Å². The first-order valence-electron chi connectivity index (χ1n) is 7.61. The number of rotatable bonds is 5. The Morgan fingerprint density at radius 3 is 2.83 bits per heavy atom. The van der Waals surface area contributed by atoms with Crippen LogP contribution in [0.1, 0.15) is 19.4 Å². The smallest absolute Gasteiger partial charge is 0.227 e. The van der Waals surface area contributed by atoms with Crippen molar-refractivity contribution in [1.29, 1.82) is 0 Å². The van der Waals surface area contributed by atoms with E-state index in [1.54, 1.807) is 32.4 Å². The highest BCUT2D eigenvalue weighted by molar-refractivity contribution is 6.30. The highest BCUT2D eigenvalue weighted by Crippen LogP contribution is 2.26. The van der Waals surface area contributed by atoms with E-state index in [1.807, 2.05) is 18.7 Å². The van der Waals surface area contributed by atoms with Gasteiger partial charge in [-0.15, -0.1) is 0 Å². The number of amides is 1. The van der Waals surface area contributed by atoms with Crippen LogP contribution in [-0.4, -0.2) is 56.4 Å². The largest absolute Gasteiger partial charge is 0.496 e. The molecule has 2 rings (SSSR count). The van der Waals surface area contributed by atoms with Gasteiger partial charge in [0, 0.05) is 30.8 Å². The van der Waals surface area contributed by atoms with Crippen LogP contribution in [0.2, 0.25) is 5.02 Å². The highest BCUT2D eigenvalue weighted by Gasteiger charge is 2.35. The molecular weight excluding hydrogens is 318 g/mol. The van der Waals surface area contributed by atoms with Gasteiger partial charge in [0.1, 0.15) is 5.75 Å². The lowest BCUT2D eigenvalue weighted by atomic mass is 10.0. The summed E-state index contributed by atoms with van der Waals surface area (Å²) in [6.45, 7) is 5.51. The second kappa shape index (κ2) is 7.51. The molecule has 0 bridgehead atoms. The predicted octanol–water partition coefficient (Wildman–Crippen LogP) is 2.54. The molecule has 0 aromatic heterocycles. The lowest BCUT2D eigenvalue weighted by Crippen LogP contribution is -2.56. The average molecular weight is 342 g/mol. The number of carbonyl (C=O) groups excluding carboxylic acids is 1. The third kappa shape index (κ3) is 4.83. The zero-order valence-electron chi connectivity index (χ0n) is 14.1. The van der Waals surface area contributed by atoms with Crippen molar-refractivity contribution in [2.24, 2.45) is 0 Å². The van der Waals surface area contributed by atoms with Crippen LogP contribution in [0.5, 0.6) is 5.75 Å². The molecule has 0 spiro atoms. The van der Waals surface area contributed by atoms with Crippen molar-refractivity contribution in [2.75, 3.05) is 33.9 Å². The lowest BCUT2D eigenvalue weighted by molar-refractivity contribution is -0.168. The van der Waals surface area contributed by atoms with Gasteiger partial charge in [-0.1, -0.05) is 11.6 Å². The van der Waals surface area contributed by atoms with Crippen molar-refractivity contribution in [1.82, 2.24) is 4.90 Å². The molecule has 0 saturated carbocycles. The summed E-state index contributed by atoms with van der Waals surface area (Å²) in [6, 6.07) is 5.30. The van der Waals surface area contributed by atoms with Crippen LogP contribution in [0.25, 0.3) is 0 Å². The van der Waals surface area contributed by atoms with Crippen LogP contribution in [0.4, 0.5) is 0 Å². The maximum absolute atomic E-state index is 12.7. The summed E-state index contributed by atoms with van der Waals surface area (Å²) < 4.78 is 16.4. The minimum absolute atomic E-state index is 0.0306. The second-order valence-electron chi connectivity index (χ2n) is 6.36. The monoisotopic (exact) mass is 341 g/mol. The molecule has 1 fully saturated rings. The van der Waals surface area contributed by atoms with Crippen molar-refractivity contribution >= 4 is 17.5 Å². The zero-order chi connectivity index (χ0) is 17.0. The number of morpholine rings is 1. The van der Waals surface area contributed by atoms with Gasteiger partial charge in [-0.3, -0.25) is 4.79 Å². The molecule has 1 heterocycles. The Balaban J connectivity index is 2.12. The van der Waals surface area contributed by atoms with E-state index < -0.39 is 5.60 Å². The van der Waals surface area contributed by atoms with E-state index in [2.05, 4.69) is 0 Å². The molecule has 0 unspecified atom stereocenters. The Hall–Kier alpha value is -1.30. The summed E-state index contributed by atoms with van der Waals surface area (Å²) >= 11 is 6.04. The molecule has 1 aromatic carbocycles. The van der Waals surface area contributed by atoms with Crippen molar-refractivity contribution in [2.45, 2.75) is 32.0 Å². The van der Waals surface area contributed by atoms with Crippen LogP contribution >= 0.6 is 11.6 Å². The van der Waals surface area contributed by atoms with E-state index >= 15 is 0 Å². The molecule has 1 aliphatic heterocycles. The Labute approximate surface area is 142 Å². The molecule has 0 N–H and O–H groups in total. The van der Waals surface area contributed by atoms with Gasteiger partial charge in [-0.05, 0) is 32.0 Å². The number of benzene rings is 1. The van der Waals surface area contributed by atoms with Gasteiger partial charge >= 0.3 is 0 Å². The fraction of sp³-hybridized carbons (Fsp3) is 0.588. The van der Waals surface area contributed by atoms with Gasteiger partial charge in [0.25, 0.3) is 0 Å².